The van der Waals surface area contributed by atoms with Gasteiger partial charge in [-0.3, -0.25) is 4.79 Å². The fourth-order valence-electron chi connectivity index (χ4n) is 3.88. The molecule has 1 aromatic heterocycles. The summed E-state index contributed by atoms with van der Waals surface area (Å²) in [6.45, 7) is 5.89. The van der Waals surface area contributed by atoms with E-state index in [-0.39, 0.29) is 18.1 Å². The molecule has 1 N–H and O–H groups in total. The molecular formula is C18H30N4O2. The van der Waals surface area contributed by atoms with E-state index in [9.17, 15) is 4.79 Å². The Balaban J connectivity index is 1.44. The number of nitrogens with zero attached hydrogens (tertiary/aromatic N) is 3. The second-order valence-electron chi connectivity index (χ2n) is 7.26. The minimum Gasteiger partial charge on any atom is -0.365 e. The molecule has 1 amide bonds. The van der Waals surface area contributed by atoms with Crippen molar-refractivity contribution in [1.82, 2.24) is 20.1 Å². The quantitative estimate of drug-likeness (QED) is 0.830. The first kappa shape index (κ1) is 17.4. The second-order valence-corrected chi connectivity index (χ2v) is 7.26. The van der Waals surface area contributed by atoms with Gasteiger partial charge in [-0.15, -0.1) is 10.2 Å². The molecule has 2 heterocycles. The average molecular weight is 334 g/mol. The normalized spacial score (nSPS) is 24.6. The molecule has 24 heavy (non-hydrogen) atoms. The molecule has 0 aromatic carbocycles. The number of amides is 1. The molecule has 6 heteroatoms. The SMILES string of the molecule is CCC(OC1CCCC(C)C1)C(=O)NCCc1nnc2n1CCC2. The fraction of sp³-hybridized carbons (Fsp3) is 0.833. The number of hydrogen-bond acceptors (Lipinski definition) is 4. The molecule has 134 valence electrons. The van der Waals surface area contributed by atoms with E-state index in [0.717, 1.165) is 56.7 Å². The van der Waals surface area contributed by atoms with Crippen molar-refractivity contribution in [3.05, 3.63) is 11.6 Å². The van der Waals surface area contributed by atoms with Crippen LogP contribution in [-0.2, 0) is 28.9 Å². The lowest BCUT2D eigenvalue weighted by atomic mass is 9.88. The predicted molar refractivity (Wildman–Crippen MR) is 91.6 cm³/mol. The van der Waals surface area contributed by atoms with E-state index in [1.165, 1.54) is 12.8 Å². The number of aryl methyl sites for hydroxylation is 1. The summed E-state index contributed by atoms with van der Waals surface area (Å²) in [5.41, 5.74) is 0. The number of hydrogen-bond donors (Lipinski definition) is 1. The summed E-state index contributed by atoms with van der Waals surface area (Å²) < 4.78 is 8.27. The van der Waals surface area contributed by atoms with Crippen LogP contribution in [0.2, 0.25) is 0 Å². The molecular weight excluding hydrogens is 304 g/mol. The first-order valence-corrected chi connectivity index (χ1v) is 9.51. The molecule has 1 aliphatic carbocycles. The van der Waals surface area contributed by atoms with E-state index in [1.807, 2.05) is 6.92 Å². The number of carbonyl (C=O) groups excluding carboxylic acids is 1. The monoisotopic (exact) mass is 334 g/mol. The van der Waals surface area contributed by atoms with E-state index in [4.69, 9.17) is 4.74 Å². The average Bonchev–Trinajstić information content (AvgIpc) is 3.17. The van der Waals surface area contributed by atoms with E-state index in [1.54, 1.807) is 0 Å². The van der Waals surface area contributed by atoms with Crippen molar-refractivity contribution in [3.8, 4) is 0 Å². The van der Waals surface area contributed by atoms with Crippen LogP contribution in [0, 0.1) is 5.92 Å². The predicted octanol–water partition coefficient (Wildman–Crippen LogP) is 2.26. The molecule has 3 rings (SSSR count). The maximum Gasteiger partial charge on any atom is 0.249 e. The Morgan fingerprint density at radius 3 is 3.04 bits per heavy atom. The smallest absolute Gasteiger partial charge is 0.249 e. The number of aromatic nitrogens is 3. The van der Waals surface area contributed by atoms with Gasteiger partial charge in [-0.2, -0.15) is 0 Å². The van der Waals surface area contributed by atoms with Crippen LogP contribution in [0.15, 0.2) is 0 Å². The van der Waals surface area contributed by atoms with E-state index >= 15 is 0 Å². The Morgan fingerprint density at radius 2 is 2.25 bits per heavy atom. The van der Waals surface area contributed by atoms with E-state index < -0.39 is 0 Å². The Kier molecular flexibility index (Phi) is 5.87. The zero-order valence-corrected chi connectivity index (χ0v) is 15.0. The first-order chi connectivity index (χ1) is 11.7. The highest BCUT2D eigenvalue weighted by Gasteiger charge is 2.26. The van der Waals surface area contributed by atoms with Crippen LogP contribution in [0.1, 0.15) is 64.0 Å². The molecule has 2 aliphatic rings. The highest BCUT2D eigenvalue weighted by atomic mass is 16.5. The highest BCUT2D eigenvalue weighted by Crippen LogP contribution is 2.27. The minimum absolute atomic E-state index is 0.0110. The molecule has 3 atom stereocenters. The van der Waals surface area contributed by atoms with Gasteiger partial charge in [0.15, 0.2) is 0 Å². The summed E-state index contributed by atoms with van der Waals surface area (Å²) in [4.78, 5) is 12.4. The lowest BCUT2D eigenvalue weighted by molar-refractivity contribution is -0.139. The van der Waals surface area contributed by atoms with Gasteiger partial charge in [0.25, 0.3) is 0 Å². The van der Waals surface area contributed by atoms with Crippen LogP contribution < -0.4 is 5.32 Å². The second kappa shape index (κ2) is 8.10. The summed E-state index contributed by atoms with van der Waals surface area (Å²) >= 11 is 0. The van der Waals surface area contributed by atoms with Crippen molar-refractivity contribution >= 4 is 5.91 Å². The van der Waals surface area contributed by atoms with Crippen LogP contribution in [0.25, 0.3) is 0 Å². The third kappa shape index (κ3) is 4.15. The van der Waals surface area contributed by atoms with Gasteiger partial charge >= 0.3 is 0 Å². The van der Waals surface area contributed by atoms with Gasteiger partial charge in [0.1, 0.15) is 17.8 Å². The number of fused-ring (bicyclic) bond motifs is 1. The number of carbonyl (C=O) groups is 1. The van der Waals surface area contributed by atoms with Crippen molar-refractivity contribution in [1.29, 1.82) is 0 Å². The Hall–Kier alpha value is -1.43. The van der Waals surface area contributed by atoms with Crippen molar-refractivity contribution in [2.24, 2.45) is 5.92 Å². The fourth-order valence-corrected chi connectivity index (χ4v) is 3.88. The molecule has 0 spiro atoms. The molecule has 0 radical (unpaired) electrons. The zero-order chi connectivity index (χ0) is 16.9. The third-order valence-electron chi connectivity index (χ3n) is 5.24. The summed E-state index contributed by atoms with van der Waals surface area (Å²) in [5.74, 6) is 2.78. The molecule has 1 aromatic rings. The van der Waals surface area contributed by atoms with Gasteiger partial charge in [-0.05, 0) is 31.6 Å². The van der Waals surface area contributed by atoms with Crippen LogP contribution in [0.5, 0.6) is 0 Å². The molecule has 1 saturated carbocycles. The Labute approximate surface area is 144 Å². The maximum atomic E-state index is 12.4. The van der Waals surface area contributed by atoms with Crippen LogP contribution >= 0.6 is 0 Å². The van der Waals surface area contributed by atoms with Gasteiger partial charge in [0, 0.05) is 25.9 Å². The van der Waals surface area contributed by atoms with Gasteiger partial charge in [-0.1, -0.05) is 26.7 Å². The summed E-state index contributed by atoms with van der Waals surface area (Å²) in [6.07, 6.45) is 8.19. The third-order valence-corrected chi connectivity index (χ3v) is 5.24. The van der Waals surface area contributed by atoms with Crippen molar-refractivity contribution in [3.63, 3.8) is 0 Å². The standard InChI is InChI=1S/C18H30N4O2/c1-3-15(24-14-7-4-6-13(2)12-14)18(23)19-10-9-17-21-20-16-8-5-11-22(16)17/h13-15H,3-12H2,1-2H3,(H,19,23). The van der Waals surface area contributed by atoms with Gasteiger partial charge < -0.3 is 14.6 Å². The number of nitrogens with one attached hydrogen (secondary N) is 1. The van der Waals surface area contributed by atoms with E-state index in [2.05, 4.69) is 27.0 Å². The van der Waals surface area contributed by atoms with Crippen LogP contribution in [-0.4, -0.2) is 39.4 Å². The van der Waals surface area contributed by atoms with Gasteiger partial charge in [0.05, 0.1) is 6.10 Å². The largest absolute Gasteiger partial charge is 0.365 e. The highest BCUT2D eigenvalue weighted by molar-refractivity contribution is 5.80. The lowest BCUT2D eigenvalue weighted by Crippen LogP contribution is -2.40. The number of ether oxygens (including phenoxy) is 1. The molecule has 3 unspecified atom stereocenters. The Morgan fingerprint density at radius 1 is 1.38 bits per heavy atom. The molecule has 1 fully saturated rings. The lowest BCUT2D eigenvalue weighted by Gasteiger charge is -2.29. The number of rotatable bonds is 7. The van der Waals surface area contributed by atoms with Crippen molar-refractivity contribution in [2.45, 2.75) is 84.0 Å². The Bertz CT molecular complexity index is 557. The van der Waals surface area contributed by atoms with Crippen molar-refractivity contribution in [2.75, 3.05) is 6.54 Å². The molecule has 0 bridgehead atoms. The first-order valence-electron chi connectivity index (χ1n) is 9.51. The van der Waals surface area contributed by atoms with E-state index in [0.29, 0.717) is 12.5 Å². The summed E-state index contributed by atoms with van der Waals surface area (Å²) in [5, 5.41) is 11.5. The minimum atomic E-state index is -0.329. The van der Waals surface area contributed by atoms with Crippen molar-refractivity contribution < 1.29 is 9.53 Å². The van der Waals surface area contributed by atoms with Crippen LogP contribution in [0.3, 0.4) is 0 Å². The summed E-state index contributed by atoms with van der Waals surface area (Å²) in [6, 6.07) is 0. The van der Waals surface area contributed by atoms with Gasteiger partial charge in [-0.25, -0.2) is 0 Å². The maximum absolute atomic E-state index is 12.4. The topological polar surface area (TPSA) is 69.0 Å². The molecule has 6 nitrogen and oxygen atoms in total. The van der Waals surface area contributed by atoms with Gasteiger partial charge in [0.2, 0.25) is 5.91 Å². The molecule has 0 saturated heterocycles. The molecule has 1 aliphatic heterocycles. The summed E-state index contributed by atoms with van der Waals surface area (Å²) in [7, 11) is 0. The zero-order valence-electron chi connectivity index (χ0n) is 15.0. The van der Waals surface area contributed by atoms with Crippen LogP contribution in [0.4, 0.5) is 0 Å².